The molecule has 2 aromatic carbocycles. The Morgan fingerprint density at radius 2 is 1.76 bits per heavy atom. The second-order valence-corrected chi connectivity index (χ2v) is 6.03. The van der Waals surface area contributed by atoms with Gasteiger partial charge in [-0.3, -0.25) is 4.79 Å². The Morgan fingerprint density at radius 1 is 0.966 bits per heavy atom. The molecule has 2 N–H and O–H groups in total. The molecule has 1 heterocycles. The number of rotatable bonds is 7. The number of ether oxygens (including phenoxy) is 2. The highest BCUT2D eigenvalue weighted by Gasteiger charge is 2.09. The van der Waals surface area contributed by atoms with E-state index in [1.54, 1.807) is 43.5 Å². The summed E-state index contributed by atoms with van der Waals surface area (Å²) in [6.45, 7) is 0.366. The molecule has 0 aliphatic heterocycles. The lowest BCUT2D eigenvalue weighted by atomic mass is 10.2. The van der Waals surface area contributed by atoms with Crippen LogP contribution in [0.15, 0.2) is 60.7 Å². The number of aromatic nitrogens is 2. The van der Waals surface area contributed by atoms with E-state index in [-0.39, 0.29) is 11.6 Å². The average Bonchev–Trinajstić information content (AvgIpc) is 2.78. The molecule has 8 nitrogen and oxygen atoms in total. The number of amides is 1. The van der Waals surface area contributed by atoms with E-state index in [9.17, 15) is 9.59 Å². The van der Waals surface area contributed by atoms with Crippen molar-refractivity contribution in [3.8, 4) is 5.75 Å². The average molecular weight is 392 g/mol. The van der Waals surface area contributed by atoms with Crippen LogP contribution in [0.4, 0.5) is 11.5 Å². The SMILES string of the molecule is COC(=O)c1cccc(Nc2ccc(C(=O)NCc3ccc(OC)cc3)nn2)c1. The van der Waals surface area contributed by atoms with Gasteiger partial charge in [0.05, 0.1) is 19.8 Å². The zero-order valence-electron chi connectivity index (χ0n) is 16.0. The van der Waals surface area contributed by atoms with E-state index >= 15 is 0 Å². The number of hydrogen-bond donors (Lipinski definition) is 2. The number of carbonyl (C=O) groups is 2. The predicted octanol–water partition coefficient (Wildman–Crippen LogP) is 2.95. The summed E-state index contributed by atoms with van der Waals surface area (Å²) in [6, 6.07) is 17.4. The van der Waals surface area contributed by atoms with E-state index in [0.29, 0.717) is 23.6 Å². The highest BCUT2D eigenvalue weighted by Crippen LogP contribution is 2.16. The summed E-state index contributed by atoms with van der Waals surface area (Å²) >= 11 is 0. The van der Waals surface area contributed by atoms with Crippen LogP contribution in [0.25, 0.3) is 0 Å². The van der Waals surface area contributed by atoms with Gasteiger partial charge >= 0.3 is 5.97 Å². The summed E-state index contributed by atoms with van der Waals surface area (Å²) in [5.41, 5.74) is 2.21. The maximum atomic E-state index is 12.3. The summed E-state index contributed by atoms with van der Waals surface area (Å²) in [5.74, 6) is 0.445. The highest BCUT2D eigenvalue weighted by molar-refractivity contribution is 5.92. The molecule has 0 saturated heterocycles. The lowest BCUT2D eigenvalue weighted by Gasteiger charge is -2.08. The number of nitrogens with zero attached hydrogens (tertiary/aromatic N) is 2. The molecule has 0 aliphatic rings. The van der Waals surface area contributed by atoms with Gasteiger partial charge in [-0.2, -0.15) is 0 Å². The largest absolute Gasteiger partial charge is 0.497 e. The van der Waals surface area contributed by atoms with Crippen LogP contribution >= 0.6 is 0 Å². The van der Waals surface area contributed by atoms with E-state index in [0.717, 1.165) is 11.3 Å². The van der Waals surface area contributed by atoms with Crippen LogP contribution in [0.5, 0.6) is 5.75 Å². The van der Waals surface area contributed by atoms with Gasteiger partial charge in [0.1, 0.15) is 5.75 Å². The van der Waals surface area contributed by atoms with Crippen molar-refractivity contribution >= 4 is 23.4 Å². The maximum absolute atomic E-state index is 12.3. The van der Waals surface area contributed by atoms with Crippen LogP contribution in [-0.2, 0) is 11.3 Å². The third-order valence-electron chi connectivity index (χ3n) is 4.07. The van der Waals surface area contributed by atoms with Gasteiger partial charge in [-0.1, -0.05) is 18.2 Å². The van der Waals surface area contributed by atoms with Gasteiger partial charge in [-0.15, -0.1) is 10.2 Å². The smallest absolute Gasteiger partial charge is 0.337 e. The van der Waals surface area contributed by atoms with Crippen LogP contribution in [0, 0.1) is 0 Å². The molecular formula is C21H20N4O4. The molecule has 0 aliphatic carbocycles. The number of esters is 1. The Hall–Kier alpha value is -3.94. The third kappa shape index (κ3) is 5.29. The minimum atomic E-state index is -0.427. The minimum Gasteiger partial charge on any atom is -0.497 e. The zero-order chi connectivity index (χ0) is 20.6. The number of anilines is 2. The molecule has 1 aromatic heterocycles. The van der Waals surface area contributed by atoms with Crippen LogP contribution in [0.3, 0.4) is 0 Å². The Labute approximate surface area is 167 Å². The van der Waals surface area contributed by atoms with Crippen molar-refractivity contribution in [2.75, 3.05) is 19.5 Å². The lowest BCUT2D eigenvalue weighted by Crippen LogP contribution is -2.24. The van der Waals surface area contributed by atoms with E-state index in [1.165, 1.54) is 7.11 Å². The van der Waals surface area contributed by atoms with Gasteiger partial charge in [0.2, 0.25) is 0 Å². The Kier molecular flexibility index (Phi) is 6.36. The van der Waals surface area contributed by atoms with Gasteiger partial charge in [-0.25, -0.2) is 4.79 Å². The van der Waals surface area contributed by atoms with E-state index in [1.807, 2.05) is 24.3 Å². The lowest BCUT2D eigenvalue weighted by molar-refractivity contribution is 0.0600. The van der Waals surface area contributed by atoms with Crippen molar-refractivity contribution in [3.63, 3.8) is 0 Å². The maximum Gasteiger partial charge on any atom is 0.337 e. The van der Waals surface area contributed by atoms with Crippen molar-refractivity contribution in [2.45, 2.75) is 6.54 Å². The van der Waals surface area contributed by atoms with Crippen molar-refractivity contribution < 1.29 is 19.1 Å². The minimum absolute atomic E-state index is 0.201. The van der Waals surface area contributed by atoms with Crippen LogP contribution < -0.4 is 15.4 Å². The van der Waals surface area contributed by atoms with Crippen molar-refractivity contribution in [1.82, 2.24) is 15.5 Å². The van der Waals surface area contributed by atoms with Crippen LogP contribution in [-0.4, -0.2) is 36.3 Å². The molecule has 3 rings (SSSR count). The number of carbonyl (C=O) groups excluding carboxylic acids is 2. The second-order valence-electron chi connectivity index (χ2n) is 6.03. The first kappa shape index (κ1) is 19.8. The molecule has 0 radical (unpaired) electrons. The zero-order valence-corrected chi connectivity index (χ0v) is 16.0. The van der Waals surface area contributed by atoms with Crippen LogP contribution in [0.2, 0.25) is 0 Å². The molecular weight excluding hydrogens is 372 g/mol. The molecule has 1 amide bonds. The Balaban J connectivity index is 1.59. The third-order valence-corrected chi connectivity index (χ3v) is 4.07. The molecule has 29 heavy (non-hydrogen) atoms. The predicted molar refractivity (Wildman–Crippen MR) is 107 cm³/mol. The van der Waals surface area contributed by atoms with E-state index < -0.39 is 5.97 Å². The molecule has 0 atom stereocenters. The molecule has 0 bridgehead atoms. The van der Waals surface area contributed by atoms with E-state index in [2.05, 4.69) is 20.8 Å². The van der Waals surface area contributed by atoms with Crippen molar-refractivity contribution in [1.29, 1.82) is 0 Å². The molecule has 0 saturated carbocycles. The molecule has 3 aromatic rings. The summed E-state index contributed by atoms with van der Waals surface area (Å²) in [6.07, 6.45) is 0. The quantitative estimate of drug-likeness (QED) is 0.596. The molecule has 0 spiro atoms. The van der Waals surface area contributed by atoms with Crippen molar-refractivity contribution in [2.24, 2.45) is 0 Å². The summed E-state index contributed by atoms with van der Waals surface area (Å²) in [7, 11) is 2.93. The fourth-order valence-electron chi connectivity index (χ4n) is 2.53. The topological polar surface area (TPSA) is 102 Å². The van der Waals surface area contributed by atoms with Gasteiger partial charge < -0.3 is 20.1 Å². The van der Waals surface area contributed by atoms with Gasteiger partial charge in [0, 0.05) is 12.2 Å². The molecule has 0 fully saturated rings. The van der Waals surface area contributed by atoms with Crippen molar-refractivity contribution in [3.05, 3.63) is 77.5 Å². The number of nitrogens with one attached hydrogen (secondary N) is 2. The van der Waals surface area contributed by atoms with Gasteiger partial charge in [0.15, 0.2) is 11.5 Å². The summed E-state index contributed by atoms with van der Waals surface area (Å²) in [5, 5.41) is 13.8. The summed E-state index contributed by atoms with van der Waals surface area (Å²) < 4.78 is 9.81. The fourth-order valence-corrected chi connectivity index (χ4v) is 2.53. The van der Waals surface area contributed by atoms with Gasteiger partial charge in [0.25, 0.3) is 5.91 Å². The molecule has 8 heteroatoms. The van der Waals surface area contributed by atoms with Crippen LogP contribution in [0.1, 0.15) is 26.4 Å². The Bertz CT molecular complexity index is 988. The monoisotopic (exact) mass is 392 g/mol. The summed E-state index contributed by atoms with van der Waals surface area (Å²) in [4.78, 5) is 23.9. The Morgan fingerprint density at radius 3 is 2.41 bits per heavy atom. The first-order chi connectivity index (χ1) is 14.1. The number of methoxy groups -OCH3 is 2. The fraction of sp³-hybridized carbons (Fsp3) is 0.143. The van der Waals surface area contributed by atoms with E-state index in [4.69, 9.17) is 9.47 Å². The molecule has 148 valence electrons. The first-order valence-electron chi connectivity index (χ1n) is 8.79. The standard InChI is InChI=1S/C21H20N4O4/c1-28-17-8-6-14(7-9-17)13-22-20(26)18-10-11-19(25-24-18)23-16-5-3-4-15(12-16)21(27)29-2/h3-12H,13H2,1-2H3,(H,22,26)(H,23,25). The second kappa shape index (κ2) is 9.32. The molecule has 0 unspecified atom stereocenters. The van der Waals surface area contributed by atoms with Gasteiger partial charge in [-0.05, 0) is 48.0 Å². The highest BCUT2D eigenvalue weighted by atomic mass is 16.5. The number of hydrogen-bond acceptors (Lipinski definition) is 7. The first-order valence-corrected chi connectivity index (χ1v) is 8.79. The number of benzene rings is 2. The normalized spacial score (nSPS) is 10.1.